The van der Waals surface area contributed by atoms with Gasteiger partial charge in [0.05, 0.1) is 13.2 Å². The van der Waals surface area contributed by atoms with Crippen LogP contribution in [-0.4, -0.2) is 16.1 Å². The molecule has 0 radical (unpaired) electrons. The van der Waals surface area contributed by atoms with Crippen LogP contribution in [0.1, 0.15) is 35.9 Å². The second-order valence-corrected chi connectivity index (χ2v) is 6.31. The molecule has 4 heteroatoms. The van der Waals surface area contributed by atoms with Crippen LogP contribution in [0, 0.1) is 0 Å². The van der Waals surface area contributed by atoms with E-state index in [0.717, 1.165) is 30.0 Å². The van der Waals surface area contributed by atoms with E-state index in [9.17, 15) is 5.11 Å². The molecule has 1 saturated carbocycles. The molecule has 1 fully saturated rings. The van der Waals surface area contributed by atoms with Crippen molar-refractivity contribution in [2.75, 3.05) is 4.90 Å². The molecule has 0 amide bonds. The lowest BCUT2D eigenvalue weighted by molar-refractivity contribution is 0.281. The molecule has 1 aliphatic carbocycles. The Bertz CT molecular complexity index is 542. The third kappa shape index (κ3) is 3.02. The number of aromatic nitrogens is 1. The van der Waals surface area contributed by atoms with Crippen molar-refractivity contribution in [2.45, 2.75) is 45.4 Å². The Labute approximate surface area is 123 Å². The molecule has 0 bridgehead atoms. The summed E-state index contributed by atoms with van der Waals surface area (Å²) in [4.78, 5) is 8.52. The van der Waals surface area contributed by atoms with Crippen LogP contribution in [0.4, 0.5) is 5.82 Å². The summed E-state index contributed by atoms with van der Waals surface area (Å²) in [6.45, 7) is 3.11. The van der Waals surface area contributed by atoms with Gasteiger partial charge in [0.15, 0.2) is 0 Å². The fourth-order valence-electron chi connectivity index (χ4n) is 2.41. The molecule has 0 atom stereocenters. The average molecular weight is 288 g/mol. The van der Waals surface area contributed by atoms with E-state index in [1.807, 2.05) is 12.1 Å². The molecule has 0 unspecified atom stereocenters. The van der Waals surface area contributed by atoms with Gasteiger partial charge in [-0.3, -0.25) is 0 Å². The van der Waals surface area contributed by atoms with Gasteiger partial charge in [-0.2, -0.15) is 0 Å². The zero-order valence-electron chi connectivity index (χ0n) is 11.7. The predicted octanol–water partition coefficient (Wildman–Crippen LogP) is 3.37. The summed E-state index contributed by atoms with van der Waals surface area (Å²) in [7, 11) is 0. The second kappa shape index (κ2) is 5.94. The van der Waals surface area contributed by atoms with Gasteiger partial charge in [-0.15, -0.1) is 11.3 Å². The number of anilines is 1. The summed E-state index contributed by atoms with van der Waals surface area (Å²) in [5.41, 5.74) is 2.02. The van der Waals surface area contributed by atoms with E-state index in [0.29, 0.717) is 6.04 Å². The first-order valence-corrected chi connectivity index (χ1v) is 8.08. The van der Waals surface area contributed by atoms with Gasteiger partial charge in [0.25, 0.3) is 0 Å². The first-order chi connectivity index (χ1) is 9.80. The van der Waals surface area contributed by atoms with Gasteiger partial charge in [-0.05, 0) is 48.4 Å². The number of aryl methyl sites for hydroxylation is 1. The first-order valence-electron chi connectivity index (χ1n) is 7.20. The molecule has 0 aliphatic heterocycles. The molecule has 0 aromatic carbocycles. The Hall–Kier alpha value is -1.39. The van der Waals surface area contributed by atoms with Crippen molar-refractivity contribution < 1.29 is 5.11 Å². The molecule has 20 heavy (non-hydrogen) atoms. The van der Waals surface area contributed by atoms with Crippen molar-refractivity contribution in [3.05, 3.63) is 45.8 Å². The van der Waals surface area contributed by atoms with Gasteiger partial charge in [0.1, 0.15) is 5.82 Å². The second-order valence-electron chi connectivity index (χ2n) is 5.28. The van der Waals surface area contributed by atoms with Crippen molar-refractivity contribution in [1.82, 2.24) is 4.98 Å². The number of aliphatic hydroxyl groups is 1. The summed E-state index contributed by atoms with van der Waals surface area (Å²) < 4.78 is 0. The molecule has 3 rings (SSSR count). The quantitative estimate of drug-likeness (QED) is 0.885. The van der Waals surface area contributed by atoms with Gasteiger partial charge >= 0.3 is 0 Å². The lowest BCUT2D eigenvalue weighted by Gasteiger charge is -2.24. The highest BCUT2D eigenvalue weighted by atomic mass is 32.1. The number of pyridine rings is 1. The van der Waals surface area contributed by atoms with Crippen LogP contribution in [-0.2, 0) is 19.6 Å². The SMILES string of the molecule is CCc1cc(CO)cc(N(Cc2cccs2)C2CC2)n1. The van der Waals surface area contributed by atoms with E-state index in [4.69, 9.17) is 4.98 Å². The minimum atomic E-state index is 0.0834. The van der Waals surface area contributed by atoms with Crippen LogP contribution >= 0.6 is 11.3 Å². The minimum absolute atomic E-state index is 0.0834. The third-order valence-electron chi connectivity index (χ3n) is 3.66. The van der Waals surface area contributed by atoms with Crippen LogP contribution < -0.4 is 4.90 Å². The molecule has 2 heterocycles. The summed E-state index contributed by atoms with van der Waals surface area (Å²) in [6, 6.07) is 8.92. The molecule has 3 nitrogen and oxygen atoms in total. The van der Waals surface area contributed by atoms with Crippen molar-refractivity contribution in [2.24, 2.45) is 0 Å². The van der Waals surface area contributed by atoms with Gasteiger partial charge < -0.3 is 10.0 Å². The summed E-state index contributed by atoms with van der Waals surface area (Å²) in [5, 5.41) is 11.6. The van der Waals surface area contributed by atoms with Crippen LogP contribution in [0.2, 0.25) is 0 Å². The lowest BCUT2D eigenvalue weighted by Crippen LogP contribution is -2.26. The van der Waals surface area contributed by atoms with Crippen LogP contribution in [0.3, 0.4) is 0 Å². The number of hydrogen-bond acceptors (Lipinski definition) is 4. The van der Waals surface area contributed by atoms with E-state index < -0.39 is 0 Å². The number of rotatable bonds is 6. The largest absolute Gasteiger partial charge is 0.392 e. The Morgan fingerprint density at radius 3 is 2.85 bits per heavy atom. The maximum absolute atomic E-state index is 9.43. The van der Waals surface area contributed by atoms with Crippen LogP contribution in [0.5, 0.6) is 0 Å². The molecule has 0 spiro atoms. The Morgan fingerprint density at radius 1 is 1.40 bits per heavy atom. The topological polar surface area (TPSA) is 36.4 Å². The highest BCUT2D eigenvalue weighted by Crippen LogP contribution is 2.33. The Balaban J connectivity index is 1.90. The zero-order chi connectivity index (χ0) is 13.9. The molecule has 1 N–H and O–H groups in total. The third-order valence-corrected chi connectivity index (χ3v) is 4.52. The summed E-state index contributed by atoms with van der Waals surface area (Å²) in [6.07, 6.45) is 3.40. The van der Waals surface area contributed by atoms with Crippen molar-refractivity contribution >= 4 is 17.2 Å². The van der Waals surface area contributed by atoms with Crippen LogP contribution in [0.15, 0.2) is 29.6 Å². The Kier molecular flexibility index (Phi) is 4.03. The molecule has 2 aromatic rings. The van der Waals surface area contributed by atoms with Gasteiger partial charge in [-0.1, -0.05) is 13.0 Å². The van der Waals surface area contributed by atoms with Crippen LogP contribution in [0.25, 0.3) is 0 Å². The number of thiophene rings is 1. The van der Waals surface area contributed by atoms with Crippen molar-refractivity contribution in [3.63, 3.8) is 0 Å². The highest BCUT2D eigenvalue weighted by molar-refractivity contribution is 7.09. The fraction of sp³-hybridized carbons (Fsp3) is 0.438. The molecule has 0 saturated heterocycles. The first kappa shape index (κ1) is 13.6. The molecule has 1 aliphatic rings. The maximum atomic E-state index is 9.43. The normalized spacial score (nSPS) is 14.5. The molecular formula is C16H20N2OS. The standard InChI is InChI=1S/C16H20N2OS/c1-2-13-8-12(11-19)9-16(17-13)18(14-5-6-14)10-15-4-3-7-20-15/h3-4,7-9,14,19H,2,5-6,10-11H2,1H3. The Morgan fingerprint density at radius 2 is 2.25 bits per heavy atom. The summed E-state index contributed by atoms with van der Waals surface area (Å²) >= 11 is 1.79. The number of aliphatic hydroxyl groups excluding tert-OH is 1. The smallest absolute Gasteiger partial charge is 0.129 e. The molecule has 2 aromatic heterocycles. The molecule has 106 valence electrons. The number of nitrogens with zero attached hydrogens (tertiary/aromatic N) is 2. The monoisotopic (exact) mass is 288 g/mol. The van der Waals surface area contributed by atoms with Crippen molar-refractivity contribution in [3.8, 4) is 0 Å². The van der Waals surface area contributed by atoms with E-state index in [1.165, 1.54) is 17.7 Å². The zero-order valence-corrected chi connectivity index (χ0v) is 12.6. The van der Waals surface area contributed by atoms with Gasteiger partial charge in [-0.25, -0.2) is 4.98 Å². The van der Waals surface area contributed by atoms with E-state index in [-0.39, 0.29) is 6.61 Å². The number of hydrogen-bond donors (Lipinski definition) is 1. The van der Waals surface area contributed by atoms with E-state index in [2.05, 4.69) is 29.3 Å². The van der Waals surface area contributed by atoms with Gasteiger partial charge in [0.2, 0.25) is 0 Å². The van der Waals surface area contributed by atoms with E-state index in [1.54, 1.807) is 11.3 Å². The summed E-state index contributed by atoms with van der Waals surface area (Å²) in [5.74, 6) is 1.02. The molecular weight excluding hydrogens is 268 g/mol. The minimum Gasteiger partial charge on any atom is -0.392 e. The van der Waals surface area contributed by atoms with Crippen molar-refractivity contribution in [1.29, 1.82) is 0 Å². The average Bonchev–Trinajstić information content (AvgIpc) is 3.20. The predicted molar refractivity (Wildman–Crippen MR) is 83.1 cm³/mol. The van der Waals surface area contributed by atoms with E-state index >= 15 is 0 Å². The van der Waals surface area contributed by atoms with Gasteiger partial charge in [0, 0.05) is 16.6 Å². The highest BCUT2D eigenvalue weighted by Gasteiger charge is 2.30. The maximum Gasteiger partial charge on any atom is 0.129 e. The fourth-order valence-corrected chi connectivity index (χ4v) is 3.11. The lowest BCUT2D eigenvalue weighted by atomic mass is 10.2.